The maximum absolute atomic E-state index is 13.6. The minimum atomic E-state index is -0.471. The number of nitrogens with zero attached hydrogens (tertiary/aromatic N) is 4. The Morgan fingerprint density at radius 1 is 1.03 bits per heavy atom. The standard InChI is InChI=1S/C25H26FN5O3/c1-25(2,3)31-23-17(13-27-31)20(14-6-11-18(33-4)19(12-14)34-5)21-22(28-23)29-24(32)30(21)16-9-7-15(26)8-10-16/h6-13,20-21H,1-5H3,(H,28,29,32)/t20-,21+/m0/s1. The number of carbonyl (C=O) groups is 1. The van der Waals surface area contributed by atoms with E-state index in [0.29, 0.717) is 28.8 Å². The number of anilines is 1. The van der Waals surface area contributed by atoms with Gasteiger partial charge in [-0.3, -0.25) is 10.2 Å². The van der Waals surface area contributed by atoms with E-state index in [1.54, 1.807) is 31.3 Å². The number of hydrogen-bond acceptors (Lipinski definition) is 5. The number of urea groups is 1. The van der Waals surface area contributed by atoms with E-state index in [0.717, 1.165) is 11.1 Å². The van der Waals surface area contributed by atoms with Gasteiger partial charge < -0.3 is 9.47 Å². The Balaban J connectivity index is 1.72. The molecule has 8 nitrogen and oxygen atoms in total. The Morgan fingerprint density at radius 2 is 1.74 bits per heavy atom. The van der Waals surface area contributed by atoms with Crippen LogP contribution in [0.4, 0.5) is 20.7 Å². The molecule has 2 atom stereocenters. The van der Waals surface area contributed by atoms with E-state index in [1.807, 2.05) is 29.1 Å². The number of nitrogens with one attached hydrogen (secondary N) is 1. The van der Waals surface area contributed by atoms with Crippen LogP contribution in [0.15, 0.2) is 53.7 Å². The number of halogens is 1. The van der Waals surface area contributed by atoms with Gasteiger partial charge in [-0.25, -0.2) is 18.9 Å². The fourth-order valence-electron chi connectivity index (χ4n) is 4.64. The van der Waals surface area contributed by atoms with Crippen molar-refractivity contribution >= 4 is 23.4 Å². The van der Waals surface area contributed by atoms with Crippen molar-refractivity contribution in [2.45, 2.75) is 38.3 Å². The zero-order valence-electron chi connectivity index (χ0n) is 19.7. The third kappa shape index (κ3) is 3.39. The van der Waals surface area contributed by atoms with Gasteiger partial charge >= 0.3 is 6.03 Å². The molecule has 1 N–H and O–H groups in total. The molecule has 2 amide bonds. The number of fused-ring (bicyclic) bond motifs is 2. The highest BCUT2D eigenvalue weighted by molar-refractivity contribution is 6.18. The van der Waals surface area contributed by atoms with Crippen molar-refractivity contribution in [3.63, 3.8) is 0 Å². The molecule has 0 unspecified atom stereocenters. The number of aliphatic imine (C=N–C) groups is 1. The van der Waals surface area contributed by atoms with Crippen molar-refractivity contribution in [2.75, 3.05) is 19.1 Å². The lowest BCUT2D eigenvalue weighted by molar-refractivity contribution is 0.252. The predicted molar refractivity (Wildman–Crippen MR) is 127 cm³/mol. The van der Waals surface area contributed by atoms with Crippen molar-refractivity contribution in [3.8, 4) is 11.5 Å². The van der Waals surface area contributed by atoms with Gasteiger partial charge in [0.25, 0.3) is 0 Å². The molecule has 176 valence electrons. The summed E-state index contributed by atoms with van der Waals surface area (Å²) in [5.41, 5.74) is 2.06. The normalized spacial score (nSPS) is 19.3. The van der Waals surface area contributed by atoms with Crippen molar-refractivity contribution in [1.82, 2.24) is 15.1 Å². The fourth-order valence-corrected chi connectivity index (χ4v) is 4.64. The minimum absolute atomic E-state index is 0.303. The molecule has 1 saturated heterocycles. The predicted octanol–water partition coefficient (Wildman–Crippen LogP) is 4.57. The zero-order valence-corrected chi connectivity index (χ0v) is 19.7. The second-order valence-corrected chi connectivity index (χ2v) is 9.32. The molecule has 34 heavy (non-hydrogen) atoms. The van der Waals surface area contributed by atoms with Crippen LogP contribution in [0.2, 0.25) is 0 Å². The lowest BCUT2D eigenvalue weighted by Crippen LogP contribution is -2.42. The number of benzene rings is 2. The smallest absolute Gasteiger partial charge is 0.328 e. The van der Waals surface area contributed by atoms with Gasteiger partial charge in [0, 0.05) is 17.2 Å². The van der Waals surface area contributed by atoms with E-state index in [2.05, 4.69) is 31.2 Å². The number of hydrogen-bond donors (Lipinski definition) is 1. The van der Waals surface area contributed by atoms with Gasteiger partial charge in [-0.05, 0) is 62.7 Å². The van der Waals surface area contributed by atoms with Crippen LogP contribution in [0, 0.1) is 5.82 Å². The van der Waals surface area contributed by atoms with E-state index in [-0.39, 0.29) is 23.3 Å². The molecular weight excluding hydrogens is 437 g/mol. The zero-order chi connectivity index (χ0) is 24.2. The van der Waals surface area contributed by atoms with Crippen molar-refractivity contribution in [1.29, 1.82) is 0 Å². The molecule has 5 rings (SSSR count). The van der Waals surface area contributed by atoms with Crippen LogP contribution in [-0.4, -0.2) is 41.9 Å². The molecule has 0 spiro atoms. The van der Waals surface area contributed by atoms with E-state index < -0.39 is 6.04 Å². The number of amidine groups is 1. The van der Waals surface area contributed by atoms with Crippen molar-refractivity contribution < 1.29 is 18.7 Å². The SMILES string of the molecule is COc1ccc([C@H]2c3cnn(C(C)(C)C)c3N=C3NC(=O)N(c4ccc(F)cc4)[C@@H]32)cc1OC. The highest BCUT2D eigenvalue weighted by Crippen LogP contribution is 2.46. The van der Waals surface area contributed by atoms with E-state index in [1.165, 1.54) is 12.1 Å². The molecule has 2 aliphatic rings. The fraction of sp³-hybridized carbons (Fsp3) is 0.320. The monoisotopic (exact) mass is 463 g/mol. The summed E-state index contributed by atoms with van der Waals surface area (Å²) in [5, 5.41) is 7.58. The molecule has 0 radical (unpaired) electrons. The Kier molecular flexibility index (Phi) is 5.07. The molecule has 1 aromatic heterocycles. The highest BCUT2D eigenvalue weighted by Gasteiger charge is 2.48. The van der Waals surface area contributed by atoms with Gasteiger partial charge in [0.1, 0.15) is 17.7 Å². The molecule has 0 saturated carbocycles. The Labute approximate surface area is 197 Å². The molecule has 0 aliphatic carbocycles. The third-order valence-electron chi connectivity index (χ3n) is 6.17. The molecule has 3 aromatic rings. The van der Waals surface area contributed by atoms with Gasteiger partial charge in [-0.15, -0.1) is 0 Å². The van der Waals surface area contributed by atoms with Gasteiger partial charge in [-0.2, -0.15) is 5.10 Å². The first kappa shape index (κ1) is 21.9. The molecule has 9 heteroatoms. The maximum atomic E-state index is 13.6. The third-order valence-corrected chi connectivity index (χ3v) is 6.17. The van der Waals surface area contributed by atoms with Crippen LogP contribution in [-0.2, 0) is 5.54 Å². The highest BCUT2D eigenvalue weighted by atomic mass is 19.1. The summed E-state index contributed by atoms with van der Waals surface area (Å²) in [4.78, 5) is 19.6. The molecular formula is C25H26FN5O3. The number of aromatic nitrogens is 2. The first-order chi connectivity index (χ1) is 16.2. The molecule has 2 aromatic carbocycles. The second-order valence-electron chi connectivity index (χ2n) is 9.32. The number of rotatable bonds is 4. The summed E-state index contributed by atoms with van der Waals surface area (Å²) in [6, 6.07) is 10.8. The van der Waals surface area contributed by atoms with Gasteiger partial charge in [0.15, 0.2) is 17.3 Å². The average Bonchev–Trinajstić information content (AvgIpc) is 3.38. The van der Waals surface area contributed by atoms with Crippen LogP contribution in [0.1, 0.15) is 37.8 Å². The van der Waals surface area contributed by atoms with Crippen LogP contribution < -0.4 is 19.7 Å². The molecule has 3 heterocycles. The van der Waals surface area contributed by atoms with E-state index in [4.69, 9.17) is 14.5 Å². The topological polar surface area (TPSA) is 81.0 Å². The quantitative estimate of drug-likeness (QED) is 0.615. The molecule has 0 bridgehead atoms. The van der Waals surface area contributed by atoms with Crippen LogP contribution in [0.3, 0.4) is 0 Å². The summed E-state index contributed by atoms with van der Waals surface area (Å²) in [5.74, 6) is 1.73. The Hall–Kier alpha value is -3.88. The van der Waals surface area contributed by atoms with Crippen molar-refractivity contribution in [2.24, 2.45) is 4.99 Å². The van der Waals surface area contributed by atoms with Crippen LogP contribution >= 0.6 is 0 Å². The van der Waals surface area contributed by atoms with E-state index in [9.17, 15) is 9.18 Å². The lowest BCUT2D eigenvalue weighted by Gasteiger charge is -2.34. The largest absolute Gasteiger partial charge is 0.493 e. The Morgan fingerprint density at radius 3 is 2.38 bits per heavy atom. The summed E-state index contributed by atoms with van der Waals surface area (Å²) in [6.07, 6.45) is 1.81. The second kappa shape index (κ2) is 7.86. The molecule has 2 aliphatic heterocycles. The summed E-state index contributed by atoms with van der Waals surface area (Å²) in [6.45, 7) is 6.15. The van der Waals surface area contributed by atoms with Gasteiger partial charge in [-0.1, -0.05) is 6.07 Å². The summed E-state index contributed by atoms with van der Waals surface area (Å²) < 4.78 is 26.5. The van der Waals surface area contributed by atoms with Gasteiger partial charge in [0.05, 0.1) is 26.0 Å². The Bertz CT molecular complexity index is 1290. The molecule has 1 fully saturated rings. The first-order valence-corrected chi connectivity index (χ1v) is 11.0. The summed E-state index contributed by atoms with van der Waals surface area (Å²) >= 11 is 0. The first-order valence-electron chi connectivity index (χ1n) is 11.0. The van der Waals surface area contributed by atoms with Gasteiger partial charge in [0.2, 0.25) is 0 Å². The number of methoxy groups -OCH3 is 2. The lowest BCUT2D eigenvalue weighted by atomic mass is 9.83. The van der Waals surface area contributed by atoms with Crippen LogP contribution in [0.25, 0.3) is 0 Å². The number of carbonyl (C=O) groups excluding carboxylic acids is 1. The maximum Gasteiger partial charge on any atom is 0.328 e. The average molecular weight is 464 g/mol. The number of ether oxygens (including phenoxy) is 2. The summed E-state index contributed by atoms with van der Waals surface area (Å²) in [7, 11) is 3.17. The van der Waals surface area contributed by atoms with Crippen molar-refractivity contribution in [3.05, 3.63) is 65.6 Å². The van der Waals surface area contributed by atoms with Crippen LogP contribution in [0.5, 0.6) is 11.5 Å². The minimum Gasteiger partial charge on any atom is -0.493 e. The number of amides is 2. The van der Waals surface area contributed by atoms with E-state index >= 15 is 0 Å².